The van der Waals surface area contributed by atoms with Gasteiger partial charge in [-0.25, -0.2) is 0 Å². The van der Waals surface area contributed by atoms with E-state index in [9.17, 15) is 18.0 Å². The standard InChI is InChI=1S/C25H22ClN3O4S2/c1-2-17-8-14-21(15-9-17)35(32,33)28-25-29(20-6-4-3-5-7-20)24(31)22(34-25)16-23(30)27-19-12-10-18(26)11-13-19/h3-15,22H,2,16H2,1H3,(H,27,30)/t22-/m0/s1. The zero-order chi connectivity index (χ0) is 25.0. The Morgan fingerprint density at radius 2 is 1.69 bits per heavy atom. The average Bonchev–Trinajstić information content (AvgIpc) is 3.14. The van der Waals surface area contributed by atoms with Crippen molar-refractivity contribution >= 4 is 61.7 Å². The molecule has 1 N–H and O–H groups in total. The van der Waals surface area contributed by atoms with Gasteiger partial charge in [0.1, 0.15) is 5.25 Å². The van der Waals surface area contributed by atoms with Gasteiger partial charge in [-0.3, -0.25) is 14.5 Å². The minimum atomic E-state index is -4.08. The second-order valence-corrected chi connectivity index (χ2v) is 10.9. The van der Waals surface area contributed by atoms with Gasteiger partial charge in [0.15, 0.2) is 5.17 Å². The Morgan fingerprint density at radius 3 is 2.31 bits per heavy atom. The molecule has 0 aromatic heterocycles. The second-order valence-electron chi connectivity index (χ2n) is 7.72. The third-order valence-electron chi connectivity index (χ3n) is 5.28. The van der Waals surface area contributed by atoms with E-state index in [0.29, 0.717) is 16.4 Å². The molecule has 1 fully saturated rings. The molecule has 3 aromatic rings. The predicted molar refractivity (Wildman–Crippen MR) is 140 cm³/mol. The van der Waals surface area contributed by atoms with Crippen molar-refractivity contribution in [3.05, 3.63) is 89.4 Å². The third-order valence-corrected chi connectivity index (χ3v) is 8.06. The molecule has 0 saturated carbocycles. The number of aryl methyl sites for hydroxylation is 1. The molecule has 1 atom stereocenters. The van der Waals surface area contributed by atoms with E-state index in [1.165, 1.54) is 17.0 Å². The first kappa shape index (κ1) is 25.0. The number of amidine groups is 1. The van der Waals surface area contributed by atoms with Crippen LogP contribution in [0.4, 0.5) is 11.4 Å². The van der Waals surface area contributed by atoms with Gasteiger partial charge in [-0.1, -0.05) is 60.6 Å². The largest absolute Gasteiger partial charge is 0.326 e. The highest BCUT2D eigenvalue weighted by Gasteiger charge is 2.41. The lowest BCUT2D eigenvalue weighted by molar-refractivity contribution is -0.121. The SMILES string of the molecule is CCc1ccc(S(=O)(=O)N=C2S[C@@H](CC(=O)Nc3ccc(Cl)cc3)C(=O)N2c2ccccc2)cc1. The summed E-state index contributed by atoms with van der Waals surface area (Å²) in [5, 5.41) is 2.44. The van der Waals surface area contributed by atoms with Gasteiger partial charge in [-0.15, -0.1) is 4.40 Å². The van der Waals surface area contributed by atoms with Gasteiger partial charge in [-0.05, 0) is 60.5 Å². The summed E-state index contributed by atoms with van der Waals surface area (Å²) in [4.78, 5) is 27.2. The molecular weight excluding hydrogens is 506 g/mol. The predicted octanol–water partition coefficient (Wildman–Crippen LogP) is 5.12. The number of benzene rings is 3. The quantitative estimate of drug-likeness (QED) is 0.460. The van der Waals surface area contributed by atoms with Crippen LogP contribution in [0.2, 0.25) is 5.02 Å². The summed E-state index contributed by atoms with van der Waals surface area (Å²) in [5.41, 5.74) is 2.02. The van der Waals surface area contributed by atoms with Gasteiger partial charge < -0.3 is 5.32 Å². The highest BCUT2D eigenvalue weighted by atomic mass is 35.5. The normalized spacial score (nSPS) is 17.1. The van der Waals surface area contributed by atoms with Crippen LogP contribution in [0, 0.1) is 0 Å². The number of rotatable bonds is 7. The van der Waals surface area contributed by atoms with Crippen molar-refractivity contribution < 1.29 is 18.0 Å². The fraction of sp³-hybridized carbons (Fsp3) is 0.160. The first-order valence-electron chi connectivity index (χ1n) is 10.8. The number of carbonyl (C=O) groups is 2. The molecule has 0 aliphatic carbocycles. The van der Waals surface area contributed by atoms with E-state index < -0.39 is 21.2 Å². The van der Waals surface area contributed by atoms with E-state index >= 15 is 0 Å². The molecular formula is C25H22ClN3O4S2. The maximum absolute atomic E-state index is 13.3. The second kappa shape index (κ2) is 10.6. The van der Waals surface area contributed by atoms with Crippen LogP contribution in [0.3, 0.4) is 0 Å². The van der Waals surface area contributed by atoms with Crippen LogP contribution in [-0.2, 0) is 26.0 Å². The number of carbonyl (C=O) groups excluding carboxylic acids is 2. The van der Waals surface area contributed by atoms with Crippen molar-refractivity contribution in [2.45, 2.75) is 29.9 Å². The molecule has 0 spiro atoms. The summed E-state index contributed by atoms with van der Waals surface area (Å²) >= 11 is 6.84. The Balaban J connectivity index is 1.61. The zero-order valence-electron chi connectivity index (χ0n) is 18.7. The van der Waals surface area contributed by atoms with E-state index in [-0.39, 0.29) is 22.4 Å². The summed E-state index contributed by atoms with van der Waals surface area (Å²) < 4.78 is 30.1. The molecule has 180 valence electrons. The zero-order valence-corrected chi connectivity index (χ0v) is 21.1. The molecule has 1 saturated heterocycles. The van der Waals surface area contributed by atoms with Gasteiger partial charge in [0.25, 0.3) is 10.0 Å². The van der Waals surface area contributed by atoms with Crippen LogP contribution in [0.5, 0.6) is 0 Å². The monoisotopic (exact) mass is 527 g/mol. The van der Waals surface area contributed by atoms with E-state index in [1.807, 2.05) is 6.92 Å². The van der Waals surface area contributed by atoms with E-state index in [1.54, 1.807) is 66.7 Å². The van der Waals surface area contributed by atoms with E-state index in [0.717, 1.165) is 23.7 Å². The number of halogens is 1. The Labute approximate surface area is 213 Å². The van der Waals surface area contributed by atoms with Crippen molar-refractivity contribution in [3.63, 3.8) is 0 Å². The van der Waals surface area contributed by atoms with Crippen LogP contribution in [0.1, 0.15) is 18.9 Å². The summed E-state index contributed by atoms with van der Waals surface area (Å²) in [6.07, 6.45) is 0.625. The molecule has 0 radical (unpaired) electrons. The van der Waals surface area contributed by atoms with Gasteiger partial charge in [0.05, 0.1) is 10.6 Å². The highest BCUT2D eigenvalue weighted by Crippen LogP contribution is 2.35. The van der Waals surface area contributed by atoms with Crippen LogP contribution in [0.15, 0.2) is 88.2 Å². The van der Waals surface area contributed by atoms with Crippen molar-refractivity contribution in [3.8, 4) is 0 Å². The summed E-state index contributed by atoms with van der Waals surface area (Å²) in [6.45, 7) is 1.98. The van der Waals surface area contributed by atoms with Crippen LogP contribution >= 0.6 is 23.4 Å². The van der Waals surface area contributed by atoms with Gasteiger partial charge in [0.2, 0.25) is 11.8 Å². The highest BCUT2D eigenvalue weighted by molar-refractivity contribution is 8.16. The van der Waals surface area contributed by atoms with Crippen molar-refractivity contribution in [2.75, 3.05) is 10.2 Å². The molecule has 1 aliphatic rings. The molecule has 1 aliphatic heterocycles. The van der Waals surface area contributed by atoms with Gasteiger partial charge in [0, 0.05) is 17.1 Å². The lowest BCUT2D eigenvalue weighted by atomic mass is 10.2. The maximum atomic E-state index is 13.3. The van der Waals surface area contributed by atoms with Crippen molar-refractivity contribution in [1.82, 2.24) is 0 Å². The van der Waals surface area contributed by atoms with E-state index in [4.69, 9.17) is 11.6 Å². The van der Waals surface area contributed by atoms with Crippen molar-refractivity contribution in [1.29, 1.82) is 0 Å². The van der Waals surface area contributed by atoms with Crippen LogP contribution in [0.25, 0.3) is 0 Å². The first-order valence-corrected chi connectivity index (χ1v) is 13.5. The lowest BCUT2D eigenvalue weighted by Crippen LogP contribution is -2.33. The molecule has 7 nitrogen and oxygen atoms in total. The third kappa shape index (κ3) is 5.93. The minimum Gasteiger partial charge on any atom is -0.326 e. The van der Waals surface area contributed by atoms with E-state index in [2.05, 4.69) is 9.71 Å². The summed E-state index contributed by atoms with van der Waals surface area (Å²) in [6, 6.07) is 21.7. The Morgan fingerprint density at radius 1 is 1.03 bits per heavy atom. The molecule has 3 aromatic carbocycles. The minimum absolute atomic E-state index is 0.00469. The fourth-order valence-electron chi connectivity index (χ4n) is 3.44. The molecule has 0 unspecified atom stereocenters. The number of sulfonamides is 1. The number of nitrogens with one attached hydrogen (secondary N) is 1. The fourth-order valence-corrected chi connectivity index (χ4v) is 5.90. The topological polar surface area (TPSA) is 95.9 Å². The Bertz CT molecular complexity index is 1360. The number of hydrogen-bond acceptors (Lipinski definition) is 5. The number of nitrogens with zero attached hydrogens (tertiary/aromatic N) is 2. The van der Waals surface area contributed by atoms with Crippen molar-refractivity contribution in [2.24, 2.45) is 4.40 Å². The number of anilines is 2. The van der Waals surface area contributed by atoms with Crippen LogP contribution < -0.4 is 10.2 Å². The maximum Gasteiger partial charge on any atom is 0.284 e. The molecule has 1 heterocycles. The van der Waals surface area contributed by atoms with Crippen LogP contribution in [-0.4, -0.2) is 30.6 Å². The Hall–Kier alpha value is -3.14. The number of para-hydroxylation sites is 1. The summed E-state index contributed by atoms with van der Waals surface area (Å²) in [7, 11) is -4.08. The summed E-state index contributed by atoms with van der Waals surface area (Å²) in [5.74, 6) is -0.798. The number of hydrogen-bond donors (Lipinski definition) is 1. The smallest absolute Gasteiger partial charge is 0.284 e. The molecule has 35 heavy (non-hydrogen) atoms. The molecule has 2 amide bonds. The average molecular weight is 528 g/mol. The molecule has 4 rings (SSSR count). The molecule has 10 heteroatoms. The number of thioether (sulfide) groups is 1. The molecule has 0 bridgehead atoms. The lowest BCUT2D eigenvalue weighted by Gasteiger charge is -2.16. The number of amides is 2. The first-order chi connectivity index (χ1) is 16.8. The van der Waals surface area contributed by atoms with Gasteiger partial charge >= 0.3 is 0 Å². The Kier molecular flexibility index (Phi) is 7.59. The van der Waals surface area contributed by atoms with Gasteiger partial charge in [-0.2, -0.15) is 8.42 Å².